The molecule has 2 aromatic carbocycles. The van der Waals surface area contributed by atoms with Crippen molar-refractivity contribution in [2.45, 2.75) is 58.3 Å². The lowest BCUT2D eigenvalue weighted by atomic mass is 10.0. The minimum atomic E-state index is 0.126. The first-order chi connectivity index (χ1) is 15.0. The summed E-state index contributed by atoms with van der Waals surface area (Å²) in [5, 5.41) is 3.27. The van der Waals surface area contributed by atoms with Gasteiger partial charge < -0.3 is 10.1 Å². The number of rotatable bonds is 6. The molecule has 2 aliphatic heterocycles. The van der Waals surface area contributed by atoms with Gasteiger partial charge in [0.2, 0.25) is 5.91 Å². The highest BCUT2D eigenvalue weighted by molar-refractivity contribution is 5.76. The largest absolute Gasteiger partial charge is 0.489 e. The van der Waals surface area contributed by atoms with Crippen molar-refractivity contribution in [2.24, 2.45) is 0 Å². The van der Waals surface area contributed by atoms with Crippen LogP contribution in [-0.4, -0.2) is 54.0 Å². The molecule has 1 N–H and O–H groups in total. The Hall–Kier alpha value is -2.37. The number of carbonyl (C=O) groups excluding carboxylic acids is 1. The number of piperidine rings is 1. The topological polar surface area (TPSA) is 44.8 Å². The van der Waals surface area contributed by atoms with Crippen LogP contribution in [0.1, 0.15) is 42.9 Å². The normalized spacial score (nSPS) is 20.5. The van der Waals surface area contributed by atoms with Crippen molar-refractivity contribution in [1.82, 2.24) is 15.1 Å². The van der Waals surface area contributed by atoms with E-state index in [1.807, 2.05) is 0 Å². The van der Waals surface area contributed by atoms with Gasteiger partial charge in [0.05, 0.1) is 0 Å². The summed E-state index contributed by atoms with van der Waals surface area (Å²) in [4.78, 5) is 17.4. The second kappa shape index (κ2) is 10.3. The number of amides is 1. The third-order valence-electron chi connectivity index (χ3n) is 6.31. The highest BCUT2D eigenvalue weighted by Crippen LogP contribution is 2.26. The van der Waals surface area contributed by atoms with Crippen LogP contribution in [0.4, 0.5) is 0 Å². The van der Waals surface area contributed by atoms with Crippen LogP contribution in [-0.2, 0) is 17.9 Å². The number of benzene rings is 2. The fraction of sp³-hybridized carbons (Fsp3) is 0.500. The molecule has 0 radical (unpaired) electrons. The molecule has 4 rings (SSSR count). The molecular weight excluding hydrogens is 386 g/mol. The number of carbonyl (C=O) groups is 1. The molecule has 1 fully saturated rings. The van der Waals surface area contributed by atoms with Gasteiger partial charge in [0.25, 0.3) is 0 Å². The van der Waals surface area contributed by atoms with Gasteiger partial charge in [-0.3, -0.25) is 14.6 Å². The van der Waals surface area contributed by atoms with Crippen molar-refractivity contribution in [1.29, 1.82) is 0 Å². The third-order valence-corrected chi connectivity index (χ3v) is 6.31. The van der Waals surface area contributed by atoms with Crippen molar-refractivity contribution in [2.75, 3.05) is 26.2 Å². The Morgan fingerprint density at radius 3 is 2.65 bits per heavy atom. The number of nitrogens with one attached hydrogen (secondary N) is 1. The van der Waals surface area contributed by atoms with Gasteiger partial charge in [0.1, 0.15) is 11.9 Å². The van der Waals surface area contributed by atoms with Crippen molar-refractivity contribution in [3.63, 3.8) is 0 Å². The van der Waals surface area contributed by atoms with E-state index in [1.165, 1.54) is 16.7 Å². The minimum Gasteiger partial charge on any atom is -0.489 e. The van der Waals surface area contributed by atoms with Crippen LogP contribution in [0.3, 0.4) is 0 Å². The summed E-state index contributed by atoms with van der Waals surface area (Å²) in [5.74, 6) is 1.15. The zero-order valence-corrected chi connectivity index (χ0v) is 18.8. The van der Waals surface area contributed by atoms with Gasteiger partial charge in [-0.2, -0.15) is 0 Å². The highest BCUT2D eigenvalue weighted by Gasteiger charge is 2.23. The molecule has 2 heterocycles. The fourth-order valence-electron chi connectivity index (χ4n) is 4.68. The summed E-state index contributed by atoms with van der Waals surface area (Å²) in [5.41, 5.74) is 3.82. The fourth-order valence-corrected chi connectivity index (χ4v) is 4.68. The van der Waals surface area contributed by atoms with Crippen molar-refractivity contribution < 1.29 is 9.53 Å². The van der Waals surface area contributed by atoms with E-state index in [-0.39, 0.29) is 12.0 Å². The van der Waals surface area contributed by atoms with Crippen LogP contribution >= 0.6 is 0 Å². The number of likely N-dealkylation sites (tertiary alicyclic amines) is 1. The lowest BCUT2D eigenvalue weighted by Gasteiger charge is -2.32. The second-order valence-corrected chi connectivity index (χ2v) is 9.13. The molecule has 1 atom stereocenters. The molecular formula is C26H35N3O2. The molecule has 0 aliphatic carbocycles. The molecule has 31 heavy (non-hydrogen) atoms. The lowest BCUT2D eigenvalue weighted by Crippen LogP contribution is -2.45. The molecule has 1 amide bonds. The number of nitrogens with zero attached hydrogens (tertiary/aromatic N) is 2. The van der Waals surface area contributed by atoms with Crippen LogP contribution in [0.5, 0.6) is 5.75 Å². The van der Waals surface area contributed by atoms with Gasteiger partial charge >= 0.3 is 0 Å². The molecule has 0 bridgehead atoms. The number of fused-ring (bicyclic) bond motifs is 1. The zero-order chi connectivity index (χ0) is 21.6. The van der Waals surface area contributed by atoms with Gasteiger partial charge in [0.15, 0.2) is 0 Å². The second-order valence-electron chi connectivity index (χ2n) is 9.13. The summed E-state index contributed by atoms with van der Waals surface area (Å²) in [6, 6.07) is 17.3. The average molecular weight is 422 g/mol. The molecule has 0 spiro atoms. The minimum absolute atomic E-state index is 0.126. The molecule has 5 heteroatoms. The quantitative estimate of drug-likeness (QED) is 0.772. The van der Waals surface area contributed by atoms with Crippen LogP contribution in [0.2, 0.25) is 0 Å². The number of hydrogen-bond donors (Lipinski definition) is 1. The summed E-state index contributed by atoms with van der Waals surface area (Å²) in [6.07, 6.45) is 2.72. The lowest BCUT2D eigenvalue weighted by molar-refractivity contribution is -0.122. The number of hydrogen-bond acceptors (Lipinski definition) is 4. The van der Waals surface area contributed by atoms with Gasteiger partial charge in [-0.1, -0.05) is 48.0 Å². The molecule has 5 nitrogen and oxygen atoms in total. The Kier molecular flexibility index (Phi) is 7.25. The Morgan fingerprint density at radius 2 is 1.87 bits per heavy atom. The van der Waals surface area contributed by atoms with E-state index < -0.39 is 0 Å². The van der Waals surface area contributed by atoms with E-state index in [1.54, 1.807) is 0 Å². The predicted molar refractivity (Wildman–Crippen MR) is 124 cm³/mol. The molecule has 2 aliphatic rings. The summed E-state index contributed by atoms with van der Waals surface area (Å²) >= 11 is 0. The monoisotopic (exact) mass is 421 g/mol. The molecule has 0 saturated carbocycles. The van der Waals surface area contributed by atoms with E-state index in [0.717, 1.165) is 57.9 Å². The van der Waals surface area contributed by atoms with Crippen molar-refractivity contribution in [3.05, 3.63) is 65.2 Å². The van der Waals surface area contributed by atoms with Gasteiger partial charge in [-0.25, -0.2) is 0 Å². The maximum atomic E-state index is 12.6. The van der Waals surface area contributed by atoms with Crippen molar-refractivity contribution >= 4 is 5.91 Å². The van der Waals surface area contributed by atoms with Crippen LogP contribution in [0.15, 0.2) is 48.5 Å². The smallest absolute Gasteiger partial charge is 0.221 e. The molecule has 2 aromatic rings. The summed E-state index contributed by atoms with van der Waals surface area (Å²) in [7, 11) is 0. The van der Waals surface area contributed by atoms with Crippen LogP contribution in [0, 0.1) is 6.92 Å². The Morgan fingerprint density at radius 1 is 1.10 bits per heavy atom. The number of ether oxygens (including phenoxy) is 1. The standard InChI is InChI=1S/C26H35N3O2/c1-20-8-9-25-23(16-20)19-29(17-21(2)31-25)15-12-26(30)27-24-10-13-28(14-11-24)18-22-6-4-3-5-7-22/h3-9,16,21,24H,10-15,17-19H2,1-2H3,(H,27,30). The maximum Gasteiger partial charge on any atom is 0.221 e. The maximum absolute atomic E-state index is 12.6. The summed E-state index contributed by atoms with van der Waals surface area (Å²) in [6.45, 7) is 9.74. The molecule has 1 saturated heterocycles. The Bertz CT molecular complexity index is 862. The first-order valence-corrected chi connectivity index (χ1v) is 11.6. The van der Waals surface area contributed by atoms with E-state index >= 15 is 0 Å². The van der Waals surface area contributed by atoms with Gasteiger partial charge in [0, 0.05) is 57.3 Å². The predicted octanol–water partition coefficient (Wildman–Crippen LogP) is 3.75. The number of aryl methyl sites for hydroxylation is 1. The van der Waals surface area contributed by atoms with Gasteiger partial charge in [-0.15, -0.1) is 0 Å². The van der Waals surface area contributed by atoms with E-state index in [2.05, 4.69) is 77.5 Å². The average Bonchev–Trinajstić information content (AvgIpc) is 2.91. The van der Waals surface area contributed by atoms with Crippen LogP contribution in [0.25, 0.3) is 0 Å². The first-order valence-electron chi connectivity index (χ1n) is 11.6. The summed E-state index contributed by atoms with van der Waals surface area (Å²) < 4.78 is 6.08. The molecule has 1 unspecified atom stereocenters. The Labute approximate surface area is 186 Å². The molecule has 0 aromatic heterocycles. The highest BCUT2D eigenvalue weighted by atomic mass is 16.5. The third kappa shape index (κ3) is 6.31. The first kappa shape index (κ1) is 21.8. The van der Waals surface area contributed by atoms with Gasteiger partial charge in [-0.05, 0) is 38.3 Å². The van der Waals surface area contributed by atoms with E-state index in [4.69, 9.17) is 4.74 Å². The SMILES string of the molecule is Cc1ccc2c(c1)CN(CCC(=O)NC1CCN(Cc3ccccc3)CC1)CC(C)O2. The molecule has 166 valence electrons. The van der Waals surface area contributed by atoms with Crippen LogP contribution < -0.4 is 10.1 Å². The Balaban J connectivity index is 1.21. The van der Waals surface area contributed by atoms with Crippen molar-refractivity contribution in [3.8, 4) is 5.75 Å². The zero-order valence-electron chi connectivity index (χ0n) is 18.8. The van der Waals surface area contributed by atoms with E-state index in [9.17, 15) is 4.79 Å². The van der Waals surface area contributed by atoms with E-state index in [0.29, 0.717) is 12.5 Å².